The number of aromatic nitrogens is 2. The van der Waals surface area contributed by atoms with E-state index in [1.54, 1.807) is 0 Å². The van der Waals surface area contributed by atoms with Gasteiger partial charge in [0, 0.05) is 19.1 Å². The van der Waals surface area contributed by atoms with Crippen LogP contribution in [0.25, 0.3) is 0 Å². The van der Waals surface area contributed by atoms with Crippen LogP contribution in [0.1, 0.15) is 41.7 Å². The molecule has 0 bridgehead atoms. The molecular weight excluding hydrogens is 544 g/mol. The van der Waals surface area contributed by atoms with Gasteiger partial charge in [-0.05, 0) is 37.0 Å². The summed E-state index contributed by atoms with van der Waals surface area (Å²) in [5.74, 6) is -1.61. The fourth-order valence-corrected chi connectivity index (χ4v) is 3.75. The monoisotopic (exact) mass is 578 g/mol. The second-order valence-electron chi connectivity index (χ2n) is 8.64. The molecule has 15 heteroatoms. The molecule has 0 atom stereocenters. The van der Waals surface area contributed by atoms with Crippen LogP contribution in [0, 0.1) is 5.41 Å². The number of hydrogen-bond donors (Lipinski definition) is 5. The number of ether oxygens (including phenoxy) is 3. The number of esters is 2. The normalized spacial score (nSPS) is 10.7. The lowest BCUT2D eigenvalue weighted by molar-refractivity contribution is -0.143. The standard InChI is InChI=1S/C25H35ClN8O6/c1-38-18(35)13-16(14-19(36)39-2)31-10-12-40-17-8-6-15(7-9-17)5-3-4-11-34(25(29)30)24(37)20-22(27)33-23(28)21(26)32-20/h6-9,16,31H,3-5,10-14H2,1-2H3,(H3,29,30)(H4,27,28,33). The van der Waals surface area contributed by atoms with Crippen molar-refractivity contribution in [3.63, 3.8) is 0 Å². The van der Waals surface area contributed by atoms with Crippen molar-refractivity contribution in [2.45, 2.75) is 38.1 Å². The van der Waals surface area contributed by atoms with Gasteiger partial charge in [-0.25, -0.2) is 9.97 Å². The Morgan fingerprint density at radius 2 is 1.65 bits per heavy atom. The van der Waals surface area contributed by atoms with E-state index in [0.29, 0.717) is 31.7 Å². The van der Waals surface area contributed by atoms with E-state index in [-0.39, 0.29) is 41.9 Å². The molecule has 2 aromatic rings. The maximum Gasteiger partial charge on any atom is 0.307 e. The molecule has 218 valence electrons. The van der Waals surface area contributed by atoms with E-state index in [1.807, 2.05) is 24.3 Å². The van der Waals surface area contributed by atoms with Crippen molar-refractivity contribution in [1.82, 2.24) is 20.2 Å². The summed E-state index contributed by atoms with van der Waals surface area (Å²) < 4.78 is 15.1. The number of nitrogens with one attached hydrogen (secondary N) is 2. The topological polar surface area (TPSA) is 222 Å². The van der Waals surface area contributed by atoms with Gasteiger partial charge in [-0.2, -0.15) is 0 Å². The highest BCUT2D eigenvalue weighted by Gasteiger charge is 2.24. The molecule has 1 heterocycles. The number of nitrogen functional groups attached to an aromatic ring is 2. The zero-order chi connectivity index (χ0) is 29.7. The van der Waals surface area contributed by atoms with Gasteiger partial charge in [-0.15, -0.1) is 0 Å². The van der Waals surface area contributed by atoms with Crippen LogP contribution in [0.5, 0.6) is 5.75 Å². The summed E-state index contributed by atoms with van der Waals surface area (Å²) >= 11 is 5.86. The predicted molar refractivity (Wildman–Crippen MR) is 149 cm³/mol. The Kier molecular flexibility index (Phi) is 12.9. The molecule has 8 N–H and O–H groups in total. The van der Waals surface area contributed by atoms with E-state index in [4.69, 9.17) is 38.9 Å². The van der Waals surface area contributed by atoms with E-state index in [1.165, 1.54) is 14.2 Å². The van der Waals surface area contributed by atoms with E-state index < -0.39 is 29.8 Å². The van der Waals surface area contributed by atoms with E-state index in [2.05, 4.69) is 24.8 Å². The Balaban J connectivity index is 1.79. The number of amides is 1. The quantitative estimate of drug-likeness (QED) is 0.0867. The number of halogens is 1. The first-order chi connectivity index (χ1) is 19.0. The van der Waals surface area contributed by atoms with E-state index >= 15 is 0 Å². The Labute approximate surface area is 237 Å². The van der Waals surface area contributed by atoms with Crippen LogP contribution in [0.3, 0.4) is 0 Å². The van der Waals surface area contributed by atoms with Gasteiger partial charge in [0.25, 0.3) is 5.91 Å². The second kappa shape index (κ2) is 16.1. The van der Waals surface area contributed by atoms with Gasteiger partial charge >= 0.3 is 11.9 Å². The highest BCUT2D eigenvalue weighted by molar-refractivity contribution is 6.31. The molecule has 14 nitrogen and oxygen atoms in total. The average Bonchev–Trinajstić information content (AvgIpc) is 2.92. The Morgan fingerprint density at radius 3 is 2.23 bits per heavy atom. The van der Waals surface area contributed by atoms with Crippen molar-refractivity contribution in [2.24, 2.45) is 5.73 Å². The van der Waals surface area contributed by atoms with Crippen LogP contribution in [-0.4, -0.2) is 78.6 Å². The Bertz CT molecular complexity index is 1160. The first-order valence-electron chi connectivity index (χ1n) is 12.4. The molecule has 1 aromatic carbocycles. The van der Waals surface area contributed by atoms with Crippen molar-refractivity contribution in [3.8, 4) is 5.75 Å². The molecule has 40 heavy (non-hydrogen) atoms. The number of guanidine groups is 1. The van der Waals surface area contributed by atoms with Gasteiger partial charge < -0.3 is 36.7 Å². The maximum atomic E-state index is 12.8. The lowest BCUT2D eigenvalue weighted by atomic mass is 10.1. The molecule has 1 aromatic heterocycles. The molecule has 0 saturated carbocycles. The van der Waals surface area contributed by atoms with Crippen LogP contribution in [0.2, 0.25) is 5.15 Å². The smallest absolute Gasteiger partial charge is 0.307 e. The van der Waals surface area contributed by atoms with Gasteiger partial charge in [0.2, 0.25) is 0 Å². The van der Waals surface area contributed by atoms with Crippen LogP contribution >= 0.6 is 11.6 Å². The first kappa shape index (κ1) is 32.0. The number of hydrogen-bond acceptors (Lipinski definition) is 12. The third-order valence-corrected chi connectivity index (χ3v) is 6.03. The zero-order valence-corrected chi connectivity index (χ0v) is 23.2. The summed E-state index contributed by atoms with van der Waals surface area (Å²) in [6.07, 6.45) is 2.07. The van der Waals surface area contributed by atoms with Gasteiger partial charge in [0.05, 0.1) is 27.1 Å². The van der Waals surface area contributed by atoms with Crippen molar-refractivity contribution < 1.29 is 28.6 Å². The molecule has 0 spiro atoms. The zero-order valence-electron chi connectivity index (χ0n) is 22.4. The maximum absolute atomic E-state index is 12.8. The van der Waals surface area contributed by atoms with Gasteiger partial charge in [-0.3, -0.25) is 24.7 Å². The molecule has 0 radical (unpaired) electrons. The van der Waals surface area contributed by atoms with E-state index in [0.717, 1.165) is 16.9 Å². The molecule has 0 aliphatic heterocycles. The fourth-order valence-electron chi connectivity index (χ4n) is 3.63. The molecule has 0 aliphatic carbocycles. The number of benzene rings is 1. The summed E-state index contributed by atoms with van der Waals surface area (Å²) in [4.78, 5) is 44.7. The van der Waals surface area contributed by atoms with Crippen molar-refractivity contribution >= 4 is 47.0 Å². The van der Waals surface area contributed by atoms with Crippen molar-refractivity contribution in [3.05, 3.63) is 40.7 Å². The highest BCUT2D eigenvalue weighted by Crippen LogP contribution is 2.19. The summed E-state index contributed by atoms with van der Waals surface area (Å²) in [5.41, 5.74) is 17.7. The van der Waals surface area contributed by atoms with Gasteiger partial charge in [-0.1, -0.05) is 23.7 Å². The summed E-state index contributed by atoms with van der Waals surface area (Å²) in [5, 5.41) is 10.7. The molecule has 2 rings (SSSR count). The molecule has 0 unspecified atom stereocenters. The van der Waals surface area contributed by atoms with Gasteiger partial charge in [0.15, 0.2) is 28.4 Å². The minimum absolute atomic E-state index is 0.0382. The number of carbonyl (C=O) groups is 3. The lowest BCUT2D eigenvalue weighted by Gasteiger charge is -2.20. The van der Waals surface area contributed by atoms with Crippen LogP contribution in [0.15, 0.2) is 24.3 Å². The minimum Gasteiger partial charge on any atom is -0.492 e. The third kappa shape index (κ3) is 10.2. The van der Waals surface area contributed by atoms with Crippen LogP contribution in [-0.2, 0) is 25.5 Å². The summed E-state index contributed by atoms with van der Waals surface area (Å²) in [6, 6.07) is 7.12. The number of carbonyl (C=O) groups excluding carboxylic acids is 3. The number of unbranched alkanes of at least 4 members (excludes halogenated alkanes) is 1. The number of methoxy groups -OCH3 is 2. The minimum atomic E-state index is -0.683. The van der Waals surface area contributed by atoms with Crippen molar-refractivity contribution in [2.75, 3.05) is 45.4 Å². The number of nitrogens with zero attached hydrogens (tertiary/aromatic N) is 3. The fraction of sp³-hybridized carbons (Fsp3) is 0.440. The molecule has 0 saturated heterocycles. The molecule has 0 fully saturated rings. The number of aryl methyl sites for hydroxylation is 1. The number of anilines is 2. The second-order valence-corrected chi connectivity index (χ2v) is 8.99. The SMILES string of the molecule is COC(=O)CC(CC(=O)OC)NCCOc1ccc(CCCCN(C(=N)N)C(=O)c2nc(Cl)c(N)nc2N)cc1. The van der Waals surface area contributed by atoms with E-state index in [9.17, 15) is 14.4 Å². The third-order valence-electron chi connectivity index (χ3n) is 5.75. The van der Waals surface area contributed by atoms with Crippen LogP contribution in [0.4, 0.5) is 11.6 Å². The summed E-state index contributed by atoms with van der Waals surface area (Å²) in [6.45, 7) is 0.908. The average molecular weight is 579 g/mol. The number of rotatable bonds is 15. The van der Waals surface area contributed by atoms with Crippen LogP contribution < -0.4 is 27.3 Å². The van der Waals surface area contributed by atoms with Crippen molar-refractivity contribution in [1.29, 1.82) is 5.41 Å². The highest BCUT2D eigenvalue weighted by atomic mass is 35.5. The first-order valence-corrected chi connectivity index (χ1v) is 12.8. The van der Waals surface area contributed by atoms with Gasteiger partial charge in [0.1, 0.15) is 12.4 Å². The molecule has 0 aliphatic rings. The predicted octanol–water partition coefficient (Wildman–Crippen LogP) is 1.12. The Hall–Kier alpha value is -4.17. The molecule has 1 amide bonds. The lowest BCUT2D eigenvalue weighted by Crippen LogP contribution is -2.42. The molecular formula is C25H35ClN8O6. The number of nitrogens with two attached hydrogens (primary N) is 3. The largest absolute Gasteiger partial charge is 0.492 e. The Morgan fingerprint density at radius 1 is 1.02 bits per heavy atom. The summed E-state index contributed by atoms with van der Waals surface area (Å²) in [7, 11) is 2.58.